The predicted molar refractivity (Wildman–Crippen MR) is 94.2 cm³/mol. The van der Waals surface area contributed by atoms with Crippen LogP contribution in [-0.4, -0.2) is 30.1 Å². The van der Waals surface area contributed by atoms with E-state index >= 15 is 0 Å². The number of carbonyl (C=O) groups excluding carboxylic acids is 1. The zero-order valence-corrected chi connectivity index (χ0v) is 14.1. The van der Waals surface area contributed by atoms with Crippen molar-refractivity contribution in [1.29, 1.82) is 0 Å². The molecule has 5 nitrogen and oxygen atoms in total. The molecule has 2 heterocycles. The minimum absolute atomic E-state index is 0.00466. The van der Waals surface area contributed by atoms with E-state index in [2.05, 4.69) is 10.3 Å². The van der Waals surface area contributed by atoms with Gasteiger partial charge >= 0.3 is 0 Å². The fraction of sp³-hybridized carbons (Fsp3) is 0.474. The number of aromatic nitrogens is 1. The number of benzene rings is 1. The summed E-state index contributed by atoms with van der Waals surface area (Å²) in [6, 6.07) is 7.86. The fourth-order valence-corrected chi connectivity index (χ4v) is 3.14. The highest BCUT2D eigenvalue weighted by molar-refractivity contribution is 5.79. The van der Waals surface area contributed by atoms with Gasteiger partial charge in [-0.15, -0.1) is 0 Å². The van der Waals surface area contributed by atoms with Crippen molar-refractivity contribution >= 4 is 16.8 Å². The Kier molecular flexibility index (Phi) is 5.30. The molecule has 1 aliphatic heterocycles. The third kappa shape index (κ3) is 4.23. The summed E-state index contributed by atoms with van der Waals surface area (Å²) in [5, 5.41) is 3.91. The van der Waals surface area contributed by atoms with Crippen LogP contribution in [-0.2, 0) is 16.0 Å². The van der Waals surface area contributed by atoms with Gasteiger partial charge in [-0.3, -0.25) is 9.59 Å². The van der Waals surface area contributed by atoms with E-state index in [-0.39, 0.29) is 17.6 Å². The van der Waals surface area contributed by atoms with Gasteiger partial charge in [0.25, 0.3) is 5.56 Å². The zero-order chi connectivity index (χ0) is 16.9. The predicted octanol–water partition coefficient (Wildman–Crippen LogP) is 2.45. The number of hydrogen-bond donors (Lipinski definition) is 2. The van der Waals surface area contributed by atoms with E-state index in [4.69, 9.17) is 4.74 Å². The maximum Gasteiger partial charge on any atom is 0.251 e. The number of ether oxygens (including phenoxy) is 1. The number of aryl methyl sites for hydroxylation is 1. The number of pyridine rings is 1. The Balaban J connectivity index is 1.56. The van der Waals surface area contributed by atoms with E-state index in [1.165, 1.54) is 0 Å². The van der Waals surface area contributed by atoms with E-state index in [1.54, 1.807) is 0 Å². The standard InChI is InChI=1S/C19H24N2O3/c1-13-5-6-17-15(10-13)11-14(19(23)21-17)7-8-20-18(22)12-16-4-2-3-9-24-16/h5-6,10-11,16H,2-4,7-9,12H2,1H3,(H,20,22)(H,21,23). The highest BCUT2D eigenvalue weighted by Crippen LogP contribution is 2.15. The van der Waals surface area contributed by atoms with Crippen LogP contribution >= 0.6 is 0 Å². The molecule has 1 aliphatic rings. The van der Waals surface area contributed by atoms with Crippen LogP contribution in [0.15, 0.2) is 29.1 Å². The number of rotatable bonds is 5. The van der Waals surface area contributed by atoms with Gasteiger partial charge in [-0.05, 0) is 56.2 Å². The molecule has 1 unspecified atom stereocenters. The lowest BCUT2D eigenvalue weighted by molar-refractivity contribution is -0.124. The van der Waals surface area contributed by atoms with Crippen LogP contribution in [0, 0.1) is 6.92 Å². The fourth-order valence-electron chi connectivity index (χ4n) is 3.14. The molecule has 1 amide bonds. The average molecular weight is 328 g/mol. The van der Waals surface area contributed by atoms with Crippen LogP contribution in [0.4, 0.5) is 0 Å². The molecule has 24 heavy (non-hydrogen) atoms. The monoisotopic (exact) mass is 328 g/mol. The van der Waals surface area contributed by atoms with Crippen LogP contribution < -0.4 is 10.9 Å². The second-order valence-corrected chi connectivity index (χ2v) is 6.51. The second-order valence-electron chi connectivity index (χ2n) is 6.51. The van der Waals surface area contributed by atoms with Crippen molar-refractivity contribution in [3.05, 3.63) is 45.7 Å². The molecule has 128 valence electrons. The van der Waals surface area contributed by atoms with Gasteiger partial charge in [0.05, 0.1) is 12.5 Å². The number of amides is 1. The van der Waals surface area contributed by atoms with E-state index in [0.29, 0.717) is 24.9 Å². The summed E-state index contributed by atoms with van der Waals surface area (Å²) < 4.78 is 5.58. The first kappa shape index (κ1) is 16.7. The molecule has 0 bridgehead atoms. The number of fused-ring (bicyclic) bond motifs is 1. The number of aromatic amines is 1. The van der Waals surface area contributed by atoms with E-state index < -0.39 is 0 Å². The number of carbonyl (C=O) groups is 1. The van der Waals surface area contributed by atoms with Crippen LogP contribution in [0.25, 0.3) is 10.9 Å². The summed E-state index contributed by atoms with van der Waals surface area (Å²) in [5.74, 6) is -0.00466. The number of H-pyrrole nitrogens is 1. The van der Waals surface area contributed by atoms with Gasteiger partial charge in [0.1, 0.15) is 0 Å². The van der Waals surface area contributed by atoms with Crippen molar-refractivity contribution in [2.24, 2.45) is 0 Å². The normalized spacial score (nSPS) is 17.8. The Morgan fingerprint density at radius 1 is 1.33 bits per heavy atom. The van der Waals surface area contributed by atoms with Gasteiger partial charge in [-0.1, -0.05) is 11.6 Å². The smallest absolute Gasteiger partial charge is 0.251 e. The topological polar surface area (TPSA) is 71.2 Å². The summed E-state index contributed by atoms with van der Waals surface area (Å²) in [4.78, 5) is 27.0. The van der Waals surface area contributed by atoms with E-state index in [1.807, 2.05) is 31.2 Å². The van der Waals surface area contributed by atoms with Crippen molar-refractivity contribution in [3.63, 3.8) is 0 Å². The summed E-state index contributed by atoms with van der Waals surface area (Å²) in [6.07, 6.45) is 4.15. The molecule has 0 aliphatic carbocycles. The van der Waals surface area contributed by atoms with Crippen LogP contribution in [0.2, 0.25) is 0 Å². The van der Waals surface area contributed by atoms with Gasteiger partial charge in [0.15, 0.2) is 0 Å². The molecule has 0 spiro atoms. The zero-order valence-electron chi connectivity index (χ0n) is 14.1. The molecule has 3 rings (SSSR count). The summed E-state index contributed by atoms with van der Waals surface area (Å²) >= 11 is 0. The highest BCUT2D eigenvalue weighted by atomic mass is 16.5. The third-order valence-electron chi connectivity index (χ3n) is 4.48. The Morgan fingerprint density at radius 2 is 2.21 bits per heavy atom. The van der Waals surface area contributed by atoms with Crippen LogP contribution in [0.5, 0.6) is 0 Å². The Hall–Kier alpha value is -2.14. The minimum Gasteiger partial charge on any atom is -0.378 e. The lowest BCUT2D eigenvalue weighted by atomic mass is 10.1. The quantitative estimate of drug-likeness (QED) is 0.885. The summed E-state index contributed by atoms with van der Waals surface area (Å²) in [6.45, 7) is 3.24. The van der Waals surface area contributed by atoms with Crippen molar-refractivity contribution in [1.82, 2.24) is 10.3 Å². The lowest BCUT2D eigenvalue weighted by Gasteiger charge is -2.21. The van der Waals surface area contributed by atoms with E-state index in [9.17, 15) is 9.59 Å². The highest BCUT2D eigenvalue weighted by Gasteiger charge is 2.17. The largest absolute Gasteiger partial charge is 0.378 e. The third-order valence-corrected chi connectivity index (χ3v) is 4.48. The first-order valence-corrected chi connectivity index (χ1v) is 8.63. The molecule has 1 saturated heterocycles. The molecule has 0 saturated carbocycles. The molecular weight excluding hydrogens is 304 g/mol. The first-order chi connectivity index (χ1) is 11.6. The molecule has 1 fully saturated rings. The van der Waals surface area contributed by atoms with Gasteiger partial charge in [0, 0.05) is 24.2 Å². The number of hydrogen-bond acceptors (Lipinski definition) is 3. The molecular formula is C19H24N2O3. The molecule has 2 N–H and O–H groups in total. The van der Waals surface area contributed by atoms with Gasteiger partial charge in [0.2, 0.25) is 5.91 Å². The maximum atomic E-state index is 12.1. The Bertz CT molecular complexity index is 776. The molecule has 5 heteroatoms. The minimum atomic E-state index is -0.0868. The summed E-state index contributed by atoms with van der Waals surface area (Å²) in [7, 11) is 0. The molecule has 2 aromatic rings. The van der Waals surface area contributed by atoms with Crippen molar-refractivity contribution in [3.8, 4) is 0 Å². The summed E-state index contributed by atoms with van der Waals surface area (Å²) in [5.41, 5.74) is 2.60. The van der Waals surface area contributed by atoms with Gasteiger partial charge in [-0.25, -0.2) is 0 Å². The van der Waals surface area contributed by atoms with Gasteiger partial charge in [-0.2, -0.15) is 0 Å². The van der Waals surface area contributed by atoms with Crippen molar-refractivity contribution < 1.29 is 9.53 Å². The molecule has 1 aromatic carbocycles. The van der Waals surface area contributed by atoms with Gasteiger partial charge < -0.3 is 15.0 Å². The average Bonchev–Trinajstić information content (AvgIpc) is 2.56. The maximum absolute atomic E-state index is 12.1. The Labute approximate surface area is 141 Å². The van der Waals surface area contributed by atoms with Crippen molar-refractivity contribution in [2.75, 3.05) is 13.2 Å². The molecule has 1 aromatic heterocycles. The molecule has 1 atom stereocenters. The second kappa shape index (κ2) is 7.62. The van der Waals surface area contributed by atoms with Crippen LogP contribution in [0.1, 0.15) is 36.8 Å². The van der Waals surface area contributed by atoms with Crippen LogP contribution in [0.3, 0.4) is 0 Å². The lowest BCUT2D eigenvalue weighted by Crippen LogP contribution is -2.32. The number of nitrogens with one attached hydrogen (secondary N) is 2. The molecule has 0 radical (unpaired) electrons. The van der Waals surface area contributed by atoms with Crippen molar-refractivity contribution in [2.45, 2.75) is 45.1 Å². The SMILES string of the molecule is Cc1ccc2[nH]c(=O)c(CCNC(=O)CC3CCCCO3)cc2c1. The Morgan fingerprint density at radius 3 is 3.00 bits per heavy atom. The first-order valence-electron chi connectivity index (χ1n) is 8.63. The van der Waals surface area contributed by atoms with E-state index in [0.717, 1.165) is 42.3 Å².